The van der Waals surface area contributed by atoms with Crippen LogP contribution in [-0.2, 0) is 0 Å². The summed E-state index contributed by atoms with van der Waals surface area (Å²) >= 11 is 0. The third kappa shape index (κ3) is 2.71. The maximum atomic E-state index is 12.7. The molecule has 0 saturated heterocycles. The van der Waals surface area contributed by atoms with Crippen molar-refractivity contribution >= 4 is 5.71 Å². The largest absolute Gasteiger partial charge is 0.295 e. The van der Waals surface area contributed by atoms with Crippen molar-refractivity contribution in [3.05, 3.63) is 51.9 Å². The lowest BCUT2D eigenvalue weighted by Gasteiger charge is -2.04. The summed E-state index contributed by atoms with van der Waals surface area (Å²) in [5, 5.41) is 3.16. The molecule has 0 amide bonds. The van der Waals surface area contributed by atoms with Crippen LogP contribution in [0, 0.1) is 6.92 Å². The maximum absolute atomic E-state index is 12.7. The lowest BCUT2D eigenvalue weighted by atomic mass is 10.1. The van der Waals surface area contributed by atoms with Crippen molar-refractivity contribution in [1.29, 1.82) is 0 Å². The monoisotopic (exact) mass is 283 g/mol. The zero-order chi connectivity index (χ0) is 14.8. The molecular weight excluding hydrogens is 262 g/mol. The lowest BCUT2D eigenvalue weighted by molar-refractivity contribution is 0.706. The van der Waals surface area contributed by atoms with Gasteiger partial charge in [-0.3, -0.25) is 14.9 Å². The highest BCUT2D eigenvalue weighted by atomic mass is 16.1. The van der Waals surface area contributed by atoms with E-state index in [0.29, 0.717) is 11.6 Å². The van der Waals surface area contributed by atoms with E-state index in [9.17, 15) is 4.79 Å². The van der Waals surface area contributed by atoms with E-state index in [0.717, 1.165) is 29.9 Å². The summed E-state index contributed by atoms with van der Waals surface area (Å²) in [6.45, 7) is 3.88. The first-order chi connectivity index (χ1) is 10.2. The Labute approximate surface area is 124 Å². The first-order valence-corrected chi connectivity index (χ1v) is 7.58. The van der Waals surface area contributed by atoms with Crippen LogP contribution in [0.2, 0.25) is 0 Å². The van der Waals surface area contributed by atoms with Crippen LogP contribution in [0.3, 0.4) is 0 Å². The number of aryl methyl sites for hydroxylation is 1. The van der Waals surface area contributed by atoms with Gasteiger partial charge in [0.2, 0.25) is 0 Å². The van der Waals surface area contributed by atoms with E-state index in [4.69, 9.17) is 4.99 Å². The summed E-state index contributed by atoms with van der Waals surface area (Å²) in [7, 11) is 0. The van der Waals surface area contributed by atoms with Crippen LogP contribution in [0.4, 0.5) is 0 Å². The smallest absolute Gasteiger partial charge is 0.280 e. The number of hydrogen-bond donors (Lipinski definition) is 1. The Morgan fingerprint density at radius 3 is 2.57 bits per heavy atom. The molecule has 4 nitrogen and oxygen atoms in total. The first-order valence-electron chi connectivity index (χ1n) is 7.58. The highest BCUT2D eigenvalue weighted by molar-refractivity contribution is 5.99. The van der Waals surface area contributed by atoms with Gasteiger partial charge in [0, 0.05) is 11.4 Å². The fourth-order valence-electron chi connectivity index (χ4n) is 3.10. The number of nitrogens with zero attached hydrogens (tertiary/aromatic N) is 2. The molecule has 1 N–H and O–H groups in total. The molecule has 21 heavy (non-hydrogen) atoms. The average molecular weight is 283 g/mol. The number of aliphatic imine (C=N–C) groups is 1. The van der Waals surface area contributed by atoms with Gasteiger partial charge in [-0.15, -0.1) is 0 Å². The van der Waals surface area contributed by atoms with Gasteiger partial charge in [-0.25, -0.2) is 4.68 Å². The second kappa shape index (κ2) is 5.72. The summed E-state index contributed by atoms with van der Waals surface area (Å²) in [6.07, 6.45) is 4.80. The van der Waals surface area contributed by atoms with Crippen LogP contribution in [-0.4, -0.2) is 21.5 Å². The van der Waals surface area contributed by atoms with E-state index in [1.807, 2.05) is 44.2 Å². The topological polar surface area (TPSA) is 50.1 Å². The first kappa shape index (κ1) is 13.9. The van der Waals surface area contributed by atoms with Crippen molar-refractivity contribution in [3.63, 3.8) is 0 Å². The third-order valence-electron chi connectivity index (χ3n) is 4.15. The Balaban J connectivity index is 2.00. The van der Waals surface area contributed by atoms with Crippen LogP contribution in [0.15, 0.2) is 40.1 Å². The van der Waals surface area contributed by atoms with E-state index in [1.165, 1.54) is 12.8 Å². The van der Waals surface area contributed by atoms with Gasteiger partial charge in [-0.1, -0.05) is 31.0 Å². The molecule has 1 saturated carbocycles. The van der Waals surface area contributed by atoms with Crippen LogP contribution >= 0.6 is 0 Å². The number of benzene rings is 1. The maximum Gasteiger partial charge on any atom is 0.280 e. The molecule has 3 rings (SSSR count). The minimum absolute atomic E-state index is 0.0158. The molecular formula is C17H21N3O. The number of nitrogens with one attached hydrogen (secondary N) is 1. The van der Waals surface area contributed by atoms with Gasteiger partial charge in [0.25, 0.3) is 5.56 Å². The standard InChI is InChI=1S/C17H21N3O/c1-12(18-14-8-6-7-9-14)16-13(2)19-20(17(16)21)15-10-4-3-5-11-15/h3-5,10-11,14,19H,6-9H2,1-2H3. The zero-order valence-corrected chi connectivity index (χ0v) is 12.6. The van der Waals surface area contributed by atoms with Crippen LogP contribution in [0.25, 0.3) is 5.69 Å². The fraction of sp³-hybridized carbons (Fsp3) is 0.412. The molecule has 0 atom stereocenters. The summed E-state index contributed by atoms with van der Waals surface area (Å²) in [6, 6.07) is 10.0. The Hall–Kier alpha value is -2.10. The molecule has 1 fully saturated rings. The molecule has 1 aliphatic rings. The molecule has 1 heterocycles. The van der Waals surface area contributed by atoms with Crippen molar-refractivity contribution in [2.24, 2.45) is 4.99 Å². The molecule has 4 heteroatoms. The van der Waals surface area contributed by atoms with Crippen molar-refractivity contribution < 1.29 is 0 Å². The zero-order valence-electron chi connectivity index (χ0n) is 12.6. The number of H-pyrrole nitrogens is 1. The second-order valence-corrected chi connectivity index (χ2v) is 5.74. The van der Waals surface area contributed by atoms with E-state index < -0.39 is 0 Å². The molecule has 1 aromatic heterocycles. The molecule has 1 aliphatic carbocycles. The number of aromatic nitrogens is 2. The average Bonchev–Trinajstić information content (AvgIpc) is 3.08. The van der Waals surface area contributed by atoms with Crippen molar-refractivity contribution in [2.45, 2.75) is 45.6 Å². The van der Waals surface area contributed by atoms with Crippen molar-refractivity contribution in [3.8, 4) is 5.69 Å². The second-order valence-electron chi connectivity index (χ2n) is 5.74. The van der Waals surface area contributed by atoms with E-state index in [2.05, 4.69) is 5.10 Å². The SMILES string of the molecule is CC(=NC1CCCC1)c1c(C)[nH]n(-c2ccccc2)c1=O. The quantitative estimate of drug-likeness (QED) is 0.864. The Kier molecular flexibility index (Phi) is 3.78. The Morgan fingerprint density at radius 1 is 1.24 bits per heavy atom. The Morgan fingerprint density at radius 2 is 1.90 bits per heavy atom. The van der Waals surface area contributed by atoms with Crippen molar-refractivity contribution in [1.82, 2.24) is 9.78 Å². The molecule has 0 bridgehead atoms. The molecule has 110 valence electrons. The van der Waals surface area contributed by atoms with Gasteiger partial charge >= 0.3 is 0 Å². The Bertz CT molecular complexity index is 703. The van der Waals surface area contributed by atoms with Gasteiger partial charge in [0.15, 0.2) is 0 Å². The molecule has 0 aliphatic heterocycles. The van der Waals surface area contributed by atoms with Gasteiger partial charge in [-0.05, 0) is 38.8 Å². The molecule has 0 spiro atoms. The lowest BCUT2D eigenvalue weighted by Crippen LogP contribution is -2.20. The van der Waals surface area contributed by atoms with Crippen molar-refractivity contribution in [2.75, 3.05) is 0 Å². The minimum atomic E-state index is -0.0158. The summed E-state index contributed by atoms with van der Waals surface area (Å²) < 4.78 is 1.60. The van der Waals surface area contributed by atoms with Gasteiger partial charge in [-0.2, -0.15) is 0 Å². The van der Waals surface area contributed by atoms with E-state index >= 15 is 0 Å². The van der Waals surface area contributed by atoms with Crippen LogP contribution < -0.4 is 5.56 Å². The predicted molar refractivity (Wildman–Crippen MR) is 85.6 cm³/mol. The van der Waals surface area contributed by atoms with E-state index in [1.54, 1.807) is 4.68 Å². The number of rotatable bonds is 3. The predicted octanol–water partition coefficient (Wildman–Crippen LogP) is 3.23. The van der Waals surface area contributed by atoms with E-state index in [-0.39, 0.29) is 5.56 Å². The molecule has 0 radical (unpaired) electrons. The molecule has 2 aromatic rings. The summed E-state index contributed by atoms with van der Waals surface area (Å²) in [4.78, 5) is 17.4. The third-order valence-corrected chi connectivity index (χ3v) is 4.15. The molecule has 0 unspecified atom stereocenters. The highest BCUT2D eigenvalue weighted by Gasteiger charge is 2.18. The molecule has 1 aromatic carbocycles. The fourth-order valence-corrected chi connectivity index (χ4v) is 3.10. The van der Waals surface area contributed by atoms with Gasteiger partial charge in [0.05, 0.1) is 17.3 Å². The van der Waals surface area contributed by atoms with Crippen LogP contribution in [0.5, 0.6) is 0 Å². The number of aromatic amines is 1. The highest BCUT2D eigenvalue weighted by Crippen LogP contribution is 2.21. The number of para-hydroxylation sites is 1. The summed E-state index contributed by atoms with van der Waals surface area (Å²) in [5.74, 6) is 0. The van der Waals surface area contributed by atoms with Gasteiger partial charge < -0.3 is 0 Å². The van der Waals surface area contributed by atoms with Gasteiger partial charge in [0.1, 0.15) is 0 Å². The minimum Gasteiger partial charge on any atom is -0.295 e. The summed E-state index contributed by atoms with van der Waals surface area (Å²) in [5.41, 5.74) is 3.28. The van der Waals surface area contributed by atoms with Crippen LogP contribution in [0.1, 0.15) is 43.9 Å². The number of hydrogen-bond acceptors (Lipinski definition) is 2. The normalized spacial score (nSPS) is 16.6.